The quantitative estimate of drug-likeness (QED) is 0.708. The molecule has 0 saturated heterocycles. The number of anilines is 2. The third-order valence-corrected chi connectivity index (χ3v) is 3.40. The maximum absolute atomic E-state index is 12.8. The van der Waals surface area contributed by atoms with E-state index in [1.165, 1.54) is 18.2 Å². The van der Waals surface area contributed by atoms with Crippen molar-refractivity contribution < 1.29 is 31.1 Å². The van der Waals surface area contributed by atoms with E-state index in [4.69, 9.17) is 0 Å². The van der Waals surface area contributed by atoms with Gasteiger partial charge in [-0.05, 0) is 36.4 Å². The minimum Gasteiger partial charge on any atom is -0.384 e. The molecule has 0 spiro atoms. The number of alkyl halides is 6. The molecule has 0 aliphatic heterocycles. The number of hydrogen-bond acceptors (Lipinski definition) is 2. The van der Waals surface area contributed by atoms with Crippen LogP contribution in [0.4, 0.5) is 37.7 Å². The van der Waals surface area contributed by atoms with Crippen LogP contribution in [-0.4, -0.2) is 12.5 Å². The van der Waals surface area contributed by atoms with Gasteiger partial charge in [0.2, 0.25) is 5.91 Å². The van der Waals surface area contributed by atoms with E-state index in [1.807, 2.05) is 0 Å². The van der Waals surface area contributed by atoms with Gasteiger partial charge in [-0.15, -0.1) is 0 Å². The first kappa shape index (κ1) is 19.6. The lowest BCUT2D eigenvalue weighted by atomic mass is 10.1. The second-order valence-corrected chi connectivity index (χ2v) is 5.34. The van der Waals surface area contributed by atoms with Crippen molar-refractivity contribution in [1.82, 2.24) is 0 Å². The van der Waals surface area contributed by atoms with E-state index in [0.29, 0.717) is 0 Å². The monoisotopic (exact) mass is 376 g/mol. The average Bonchev–Trinajstić information content (AvgIpc) is 2.54. The number of nitrogens with one attached hydrogen (secondary N) is 2. The van der Waals surface area contributed by atoms with E-state index >= 15 is 0 Å². The van der Waals surface area contributed by atoms with Crippen LogP contribution in [-0.2, 0) is 17.1 Å². The summed E-state index contributed by atoms with van der Waals surface area (Å²) < 4.78 is 75.9. The van der Waals surface area contributed by atoms with Crippen molar-refractivity contribution in [3.8, 4) is 0 Å². The Morgan fingerprint density at radius 3 is 2.04 bits per heavy atom. The number of carbonyl (C=O) groups is 1. The summed E-state index contributed by atoms with van der Waals surface area (Å²) in [5, 5.41) is 4.92. The molecule has 0 saturated carbocycles. The zero-order valence-electron chi connectivity index (χ0n) is 13.2. The molecule has 26 heavy (non-hydrogen) atoms. The van der Waals surface area contributed by atoms with Crippen LogP contribution >= 0.6 is 0 Å². The SMILES string of the molecule is O=C(CCNc1ccccc1C(F)(F)F)Nc1ccc(C(F)(F)F)cc1. The maximum Gasteiger partial charge on any atom is 0.418 e. The molecule has 0 atom stereocenters. The summed E-state index contributed by atoms with van der Waals surface area (Å²) in [5.41, 5.74) is -1.68. The summed E-state index contributed by atoms with van der Waals surface area (Å²) in [6, 6.07) is 8.72. The highest BCUT2D eigenvalue weighted by Gasteiger charge is 2.33. The van der Waals surface area contributed by atoms with E-state index < -0.39 is 29.4 Å². The second-order valence-electron chi connectivity index (χ2n) is 5.34. The summed E-state index contributed by atoms with van der Waals surface area (Å²) in [6.07, 6.45) is -9.16. The predicted octanol–water partition coefficient (Wildman–Crippen LogP) is 5.16. The van der Waals surface area contributed by atoms with Crippen molar-refractivity contribution in [1.29, 1.82) is 0 Å². The first-order chi connectivity index (χ1) is 12.1. The Hall–Kier alpha value is -2.71. The minimum absolute atomic E-state index is 0.0699. The van der Waals surface area contributed by atoms with E-state index in [9.17, 15) is 31.1 Å². The van der Waals surface area contributed by atoms with Gasteiger partial charge in [0.15, 0.2) is 0 Å². The standard InChI is InChI=1S/C17H14F6N2O/c18-16(19,20)11-5-7-12(8-6-11)25-15(26)9-10-24-14-4-2-1-3-13(14)17(21,22)23/h1-8,24H,9-10H2,(H,25,26). The van der Waals surface area contributed by atoms with E-state index in [1.54, 1.807) is 0 Å². The first-order valence-corrected chi connectivity index (χ1v) is 7.44. The summed E-state index contributed by atoms with van der Waals surface area (Å²) in [5.74, 6) is -0.540. The highest BCUT2D eigenvalue weighted by Crippen LogP contribution is 2.34. The van der Waals surface area contributed by atoms with E-state index in [-0.39, 0.29) is 24.3 Å². The zero-order valence-corrected chi connectivity index (χ0v) is 13.2. The second kappa shape index (κ2) is 7.67. The van der Waals surface area contributed by atoms with Gasteiger partial charge in [0.25, 0.3) is 0 Å². The average molecular weight is 376 g/mol. The fourth-order valence-corrected chi connectivity index (χ4v) is 2.16. The Kier molecular flexibility index (Phi) is 5.79. The number of benzene rings is 2. The number of para-hydroxylation sites is 1. The molecule has 0 heterocycles. The van der Waals surface area contributed by atoms with Crippen LogP contribution in [0, 0.1) is 0 Å². The van der Waals surface area contributed by atoms with Gasteiger partial charge in [-0.25, -0.2) is 0 Å². The Morgan fingerprint density at radius 2 is 1.46 bits per heavy atom. The third-order valence-electron chi connectivity index (χ3n) is 3.40. The molecule has 1 amide bonds. The fourth-order valence-electron chi connectivity index (χ4n) is 2.16. The van der Waals surface area contributed by atoms with E-state index in [2.05, 4.69) is 10.6 Å². The smallest absolute Gasteiger partial charge is 0.384 e. The zero-order chi connectivity index (χ0) is 19.4. The van der Waals surface area contributed by atoms with Crippen LogP contribution in [0.1, 0.15) is 17.5 Å². The normalized spacial score (nSPS) is 11.9. The number of rotatable bonds is 5. The highest BCUT2D eigenvalue weighted by atomic mass is 19.4. The van der Waals surface area contributed by atoms with Gasteiger partial charge in [0.05, 0.1) is 11.1 Å². The predicted molar refractivity (Wildman–Crippen MR) is 84.6 cm³/mol. The van der Waals surface area contributed by atoms with Crippen molar-refractivity contribution in [2.24, 2.45) is 0 Å². The molecule has 2 aromatic carbocycles. The molecule has 0 aromatic heterocycles. The van der Waals surface area contributed by atoms with Crippen LogP contribution in [0.3, 0.4) is 0 Å². The molecule has 0 fully saturated rings. The minimum atomic E-state index is -4.52. The Labute approximate surface area is 145 Å². The number of carbonyl (C=O) groups excluding carboxylic acids is 1. The molecule has 9 heteroatoms. The van der Waals surface area contributed by atoms with Gasteiger partial charge in [-0.1, -0.05) is 12.1 Å². The first-order valence-electron chi connectivity index (χ1n) is 7.44. The van der Waals surface area contributed by atoms with Crippen molar-refractivity contribution in [3.63, 3.8) is 0 Å². The van der Waals surface area contributed by atoms with Gasteiger partial charge in [0, 0.05) is 24.3 Å². The molecule has 3 nitrogen and oxygen atoms in total. The van der Waals surface area contributed by atoms with Gasteiger partial charge >= 0.3 is 12.4 Å². The molecule has 0 aliphatic carbocycles. The summed E-state index contributed by atoms with van der Waals surface area (Å²) in [4.78, 5) is 11.8. The number of halogens is 6. The summed E-state index contributed by atoms with van der Waals surface area (Å²) >= 11 is 0. The molecule has 2 N–H and O–H groups in total. The van der Waals surface area contributed by atoms with Crippen molar-refractivity contribution >= 4 is 17.3 Å². The van der Waals surface area contributed by atoms with Crippen molar-refractivity contribution in [2.45, 2.75) is 18.8 Å². The molecule has 0 unspecified atom stereocenters. The fraction of sp³-hybridized carbons (Fsp3) is 0.235. The van der Waals surface area contributed by atoms with Gasteiger partial charge in [-0.3, -0.25) is 4.79 Å². The summed E-state index contributed by atoms with van der Waals surface area (Å²) in [6.45, 7) is -0.0699. The lowest BCUT2D eigenvalue weighted by Crippen LogP contribution is -2.18. The van der Waals surface area contributed by atoms with Crippen LogP contribution in [0.5, 0.6) is 0 Å². The number of hydrogen-bond donors (Lipinski definition) is 2. The van der Waals surface area contributed by atoms with Gasteiger partial charge in [0.1, 0.15) is 0 Å². The molecular formula is C17H14F6N2O. The van der Waals surface area contributed by atoms with Crippen LogP contribution < -0.4 is 10.6 Å². The Balaban J connectivity index is 1.88. The van der Waals surface area contributed by atoms with Gasteiger partial charge < -0.3 is 10.6 Å². The van der Waals surface area contributed by atoms with Crippen LogP contribution in [0.15, 0.2) is 48.5 Å². The largest absolute Gasteiger partial charge is 0.418 e. The van der Waals surface area contributed by atoms with Gasteiger partial charge in [-0.2, -0.15) is 26.3 Å². The maximum atomic E-state index is 12.8. The molecule has 2 rings (SSSR count). The number of amides is 1. The lowest BCUT2D eigenvalue weighted by Gasteiger charge is -2.14. The molecule has 2 aromatic rings. The van der Waals surface area contributed by atoms with Crippen molar-refractivity contribution in [3.05, 3.63) is 59.7 Å². The van der Waals surface area contributed by atoms with Crippen molar-refractivity contribution in [2.75, 3.05) is 17.2 Å². The molecule has 140 valence electrons. The Bertz CT molecular complexity index is 753. The summed E-state index contributed by atoms with van der Waals surface area (Å²) in [7, 11) is 0. The third kappa shape index (κ3) is 5.40. The topological polar surface area (TPSA) is 41.1 Å². The highest BCUT2D eigenvalue weighted by molar-refractivity contribution is 5.91. The molecular weight excluding hydrogens is 362 g/mol. The molecule has 0 radical (unpaired) electrons. The lowest BCUT2D eigenvalue weighted by molar-refractivity contribution is -0.138. The van der Waals surface area contributed by atoms with Crippen LogP contribution in [0.2, 0.25) is 0 Å². The molecule has 0 aliphatic rings. The van der Waals surface area contributed by atoms with Crippen LogP contribution in [0.25, 0.3) is 0 Å². The Morgan fingerprint density at radius 1 is 0.846 bits per heavy atom. The van der Waals surface area contributed by atoms with E-state index in [0.717, 1.165) is 30.3 Å². The molecule has 0 bridgehead atoms.